The molecule has 12 heteroatoms. The van der Waals surface area contributed by atoms with Gasteiger partial charge in [-0.3, -0.25) is 14.3 Å². The van der Waals surface area contributed by atoms with Gasteiger partial charge in [0, 0.05) is 62.4 Å². The largest absolute Gasteiger partial charge is 0.467 e. The number of anilines is 1. The molecule has 0 aliphatic carbocycles. The van der Waals surface area contributed by atoms with Crippen LogP contribution in [0.1, 0.15) is 22.4 Å². The number of piperazine rings is 1. The zero-order valence-corrected chi connectivity index (χ0v) is 23.9. The predicted molar refractivity (Wildman–Crippen MR) is 156 cm³/mol. The molecular weight excluding hydrogens is 550 g/mol. The summed E-state index contributed by atoms with van der Waals surface area (Å²) in [4.78, 5) is 31.7. The molecule has 1 fully saturated rings. The van der Waals surface area contributed by atoms with Crippen LogP contribution in [-0.2, 0) is 29.1 Å². The second kappa shape index (κ2) is 11.9. The van der Waals surface area contributed by atoms with Crippen molar-refractivity contribution in [1.82, 2.24) is 29.7 Å². The van der Waals surface area contributed by atoms with Crippen LogP contribution < -0.4 is 24.4 Å². The number of hydrogen-bond acceptors (Lipinski definition) is 10. The molecule has 1 unspecified atom stereocenters. The van der Waals surface area contributed by atoms with Crippen molar-refractivity contribution in [2.24, 2.45) is 0 Å². The van der Waals surface area contributed by atoms with E-state index in [-0.39, 0.29) is 25.5 Å². The maximum Gasteiger partial charge on any atom is 0.239 e. The van der Waals surface area contributed by atoms with E-state index in [4.69, 9.17) is 23.9 Å². The number of fused-ring (bicyclic) bond motifs is 2. The van der Waals surface area contributed by atoms with Crippen molar-refractivity contribution in [2.45, 2.75) is 32.5 Å². The summed E-state index contributed by atoms with van der Waals surface area (Å²) in [7, 11) is 0. The minimum Gasteiger partial charge on any atom is -0.467 e. The van der Waals surface area contributed by atoms with Crippen molar-refractivity contribution in [2.75, 3.05) is 44.7 Å². The third-order valence-electron chi connectivity index (χ3n) is 7.90. The highest BCUT2D eigenvalue weighted by Gasteiger charge is 2.33. The van der Waals surface area contributed by atoms with E-state index in [0.717, 1.165) is 52.0 Å². The van der Waals surface area contributed by atoms with E-state index in [1.807, 2.05) is 43.5 Å². The standard InChI is InChI=1S/C31H33N7O5/c1-21-12-29(35-31(34-21)38-9-8-32-18-38)37-11-10-36(15-23-3-4-26-24(13-23)17-40-19-41-26)25(16-37)30(39)33-7-6-22-2-5-27-28(14-22)43-20-42-27/h2-5,8-9,12-14,18,25H,6-7,10-11,15-17,19-20H2,1H3,(H,33,39). The zero-order valence-electron chi connectivity index (χ0n) is 23.9. The van der Waals surface area contributed by atoms with Crippen LogP contribution in [0.2, 0.25) is 0 Å². The summed E-state index contributed by atoms with van der Waals surface area (Å²) in [5.41, 5.74) is 4.06. The summed E-state index contributed by atoms with van der Waals surface area (Å²) in [5.74, 6) is 3.67. The van der Waals surface area contributed by atoms with Gasteiger partial charge in [0.2, 0.25) is 18.6 Å². The van der Waals surface area contributed by atoms with Crippen molar-refractivity contribution >= 4 is 11.7 Å². The van der Waals surface area contributed by atoms with Crippen molar-refractivity contribution < 1.29 is 23.7 Å². The molecular formula is C31H33N7O5. The molecule has 0 radical (unpaired) electrons. The molecule has 2 aromatic carbocycles. The van der Waals surface area contributed by atoms with Gasteiger partial charge in [0.05, 0.1) is 6.61 Å². The summed E-state index contributed by atoms with van der Waals surface area (Å²) in [6.07, 6.45) is 5.89. The van der Waals surface area contributed by atoms with Crippen LogP contribution in [0.25, 0.3) is 5.95 Å². The predicted octanol–water partition coefficient (Wildman–Crippen LogP) is 2.62. The van der Waals surface area contributed by atoms with Crippen LogP contribution in [0.15, 0.2) is 61.2 Å². The molecule has 1 N–H and O–H groups in total. The average Bonchev–Trinajstić information content (AvgIpc) is 3.74. The van der Waals surface area contributed by atoms with Gasteiger partial charge in [-0.25, -0.2) is 9.97 Å². The smallest absolute Gasteiger partial charge is 0.239 e. The molecule has 0 saturated carbocycles. The summed E-state index contributed by atoms with van der Waals surface area (Å²) in [5, 5.41) is 3.19. The van der Waals surface area contributed by atoms with Crippen LogP contribution in [0.5, 0.6) is 17.2 Å². The fraction of sp³-hybridized carbons (Fsp3) is 0.355. The van der Waals surface area contributed by atoms with Gasteiger partial charge in [-0.05, 0) is 48.7 Å². The number of imidazole rings is 1. The van der Waals surface area contributed by atoms with E-state index in [0.29, 0.717) is 45.2 Å². The van der Waals surface area contributed by atoms with Gasteiger partial charge in [0.15, 0.2) is 18.3 Å². The second-order valence-corrected chi connectivity index (χ2v) is 10.9. The zero-order chi connectivity index (χ0) is 29.2. The van der Waals surface area contributed by atoms with Gasteiger partial charge in [0.1, 0.15) is 23.9 Å². The Morgan fingerprint density at radius 3 is 2.74 bits per heavy atom. The highest BCUT2D eigenvalue weighted by atomic mass is 16.7. The van der Waals surface area contributed by atoms with Gasteiger partial charge in [-0.15, -0.1) is 0 Å². The SMILES string of the molecule is Cc1cc(N2CCN(Cc3ccc4c(c3)COCO4)C(C(=O)NCCc3ccc4c(c3)OCO4)C2)nc(-n2ccnc2)n1. The van der Waals surface area contributed by atoms with Gasteiger partial charge in [-0.1, -0.05) is 12.1 Å². The first-order chi connectivity index (χ1) is 21.1. The van der Waals surface area contributed by atoms with Gasteiger partial charge in [-0.2, -0.15) is 4.98 Å². The lowest BCUT2D eigenvalue weighted by Gasteiger charge is -2.41. The molecule has 1 amide bonds. The van der Waals surface area contributed by atoms with Gasteiger partial charge in [0.25, 0.3) is 0 Å². The Bertz CT molecular complexity index is 1610. The van der Waals surface area contributed by atoms with Crippen LogP contribution >= 0.6 is 0 Å². The summed E-state index contributed by atoms with van der Waals surface area (Å²) >= 11 is 0. The first-order valence-corrected chi connectivity index (χ1v) is 14.4. The van der Waals surface area contributed by atoms with Crippen molar-refractivity contribution in [3.05, 3.63) is 83.6 Å². The number of hydrogen-bond donors (Lipinski definition) is 1. The lowest BCUT2D eigenvalue weighted by Crippen LogP contribution is -2.59. The molecule has 4 aromatic rings. The van der Waals surface area contributed by atoms with Crippen LogP contribution in [0.3, 0.4) is 0 Å². The van der Waals surface area contributed by atoms with E-state index in [9.17, 15) is 4.79 Å². The van der Waals surface area contributed by atoms with Crippen LogP contribution in [-0.4, -0.2) is 76.1 Å². The molecule has 7 rings (SSSR count). The minimum absolute atomic E-state index is 0.0179. The topological polar surface area (TPSA) is 116 Å². The number of rotatable bonds is 8. The first kappa shape index (κ1) is 27.2. The Hall–Kier alpha value is -4.68. The molecule has 2 aromatic heterocycles. The minimum atomic E-state index is -0.388. The Morgan fingerprint density at radius 1 is 0.977 bits per heavy atom. The lowest BCUT2D eigenvalue weighted by atomic mass is 10.1. The number of aryl methyl sites for hydroxylation is 1. The maximum absolute atomic E-state index is 13.8. The fourth-order valence-corrected chi connectivity index (χ4v) is 5.68. The number of benzene rings is 2. The Morgan fingerprint density at radius 2 is 1.84 bits per heavy atom. The third-order valence-corrected chi connectivity index (χ3v) is 7.90. The molecule has 1 saturated heterocycles. The quantitative estimate of drug-likeness (QED) is 0.332. The third kappa shape index (κ3) is 5.97. The van der Waals surface area contributed by atoms with E-state index in [2.05, 4.69) is 37.2 Å². The molecule has 43 heavy (non-hydrogen) atoms. The van der Waals surface area contributed by atoms with Crippen molar-refractivity contribution in [3.63, 3.8) is 0 Å². The van der Waals surface area contributed by atoms with Gasteiger partial charge >= 0.3 is 0 Å². The Labute approximate surface area is 249 Å². The van der Waals surface area contributed by atoms with Crippen molar-refractivity contribution in [3.8, 4) is 23.2 Å². The first-order valence-electron chi connectivity index (χ1n) is 14.4. The van der Waals surface area contributed by atoms with Crippen molar-refractivity contribution in [1.29, 1.82) is 0 Å². The van der Waals surface area contributed by atoms with Crippen LogP contribution in [0.4, 0.5) is 5.82 Å². The number of nitrogens with zero attached hydrogens (tertiary/aromatic N) is 6. The summed E-state index contributed by atoms with van der Waals surface area (Å²) in [6.45, 7) is 6.02. The number of carbonyl (C=O) groups is 1. The lowest BCUT2D eigenvalue weighted by molar-refractivity contribution is -0.126. The average molecular weight is 584 g/mol. The number of ether oxygens (including phenoxy) is 4. The van der Waals surface area contributed by atoms with E-state index in [1.165, 1.54) is 0 Å². The van der Waals surface area contributed by atoms with E-state index >= 15 is 0 Å². The molecule has 222 valence electrons. The van der Waals surface area contributed by atoms with Gasteiger partial charge < -0.3 is 29.2 Å². The fourth-order valence-electron chi connectivity index (χ4n) is 5.68. The molecule has 1 atom stereocenters. The summed E-state index contributed by atoms with van der Waals surface area (Å²) < 4.78 is 23.8. The second-order valence-electron chi connectivity index (χ2n) is 10.9. The molecule has 3 aliphatic rings. The highest BCUT2D eigenvalue weighted by Crippen LogP contribution is 2.32. The molecule has 12 nitrogen and oxygen atoms in total. The number of aromatic nitrogens is 4. The highest BCUT2D eigenvalue weighted by molar-refractivity contribution is 5.82. The molecule has 5 heterocycles. The maximum atomic E-state index is 13.8. The Kier molecular flexibility index (Phi) is 7.52. The molecule has 0 spiro atoms. The summed E-state index contributed by atoms with van der Waals surface area (Å²) in [6, 6.07) is 13.6. The van der Waals surface area contributed by atoms with E-state index in [1.54, 1.807) is 17.1 Å². The molecule has 3 aliphatic heterocycles. The Balaban J connectivity index is 1.09. The van der Waals surface area contributed by atoms with E-state index < -0.39 is 0 Å². The molecule has 0 bridgehead atoms. The monoisotopic (exact) mass is 583 g/mol. The normalized spacial score (nSPS) is 17.8. The number of amides is 1. The van der Waals surface area contributed by atoms with Crippen LogP contribution in [0, 0.1) is 6.92 Å². The number of nitrogens with one attached hydrogen (secondary N) is 1. The number of carbonyl (C=O) groups excluding carboxylic acids is 1.